The van der Waals surface area contributed by atoms with Gasteiger partial charge in [0.1, 0.15) is 0 Å². The number of halogens is 1. The van der Waals surface area contributed by atoms with Crippen LogP contribution < -0.4 is 5.73 Å². The van der Waals surface area contributed by atoms with E-state index in [9.17, 15) is 0 Å². The van der Waals surface area contributed by atoms with Crippen LogP contribution in [0, 0.1) is 5.92 Å². The van der Waals surface area contributed by atoms with Crippen molar-refractivity contribution in [3.05, 3.63) is 35.9 Å². The lowest BCUT2D eigenvalue weighted by molar-refractivity contribution is 0.211. The Morgan fingerprint density at radius 3 is 1.92 bits per heavy atom. The van der Waals surface area contributed by atoms with Crippen LogP contribution in [0.2, 0.25) is 0 Å². The highest BCUT2D eigenvalue weighted by Crippen LogP contribution is 2.33. The number of hydrogen-bond acceptors (Lipinski definition) is 1. The van der Waals surface area contributed by atoms with Crippen LogP contribution in [-0.2, 0) is 6.42 Å². The molecule has 0 aromatic heterocycles. The van der Waals surface area contributed by atoms with E-state index >= 15 is 0 Å². The van der Waals surface area contributed by atoms with Crippen LogP contribution in [0.4, 0.5) is 0 Å². The highest BCUT2D eigenvalue weighted by atomic mass is 35.5. The lowest BCUT2D eigenvalue weighted by Crippen LogP contribution is -2.48. The number of benzene rings is 1. The third-order valence-corrected chi connectivity index (χ3v) is 5.48. The van der Waals surface area contributed by atoms with Crippen molar-refractivity contribution in [2.75, 3.05) is 0 Å². The maximum Gasteiger partial charge on any atom is 0.0185 e. The zero-order chi connectivity index (χ0) is 17.7. The lowest BCUT2D eigenvalue weighted by Gasteiger charge is -2.38. The summed E-state index contributed by atoms with van der Waals surface area (Å²) in [5.41, 5.74) is 8.44. The van der Waals surface area contributed by atoms with Crippen LogP contribution in [-0.4, -0.2) is 5.54 Å². The Balaban J connectivity index is 0.00000576. The average Bonchev–Trinajstić information content (AvgIpc) is 2.58. The number of rotatable bonds is 14. The van der Waals surface area contributed by atoms with E-state index in [1.807, 2.05) is 0 Å². The Kier molecular flexibility index (Phi) is 14.3. The number of unbranched alkanes of at least 4 members (excludes halogenated alkanes) is 5. The van der Waals surface area contributed by atoms with Crippen LogP contribution in [0.5, 0.6) is 0 Å². The van der Waals surface area contributed by atoms with E-state index in [0.717, 1.165) is 19.3 Å². The van der Waals surface area contributed by atoms with Crippen LogP contribution >= 0.6 is 12.4 Å². The second kappa shape index (κ2) is 14.6. The molecule has 0 spiro atoms. The molecule has 0 heterocycles. The van der Waals surface area contributed by atoms with Crippen LogP contribution in [0.15, 0.2) is 30.3 Å². The molecule has 1 rings (SSSR count). The Bertz CT molecular complexity index is 398. The zero-order valence-electron chi connectivity index (χ0n) is 16.9. The summed E-state index contributed by atoms with van der Waals surface area (Å²) in [5.74, 6) is 0.617. The summed E-state index contributed by atoms with van der Waals surface area (Å²) in [6.07, 6.45) is 15.4. The second-order valence-electron chi connectivity index (χ2n) is 7.68. The van der Waals surface area contributed by atoms with Gasteiger partial charge in [-0.3, -0.25) is 0 Å². The molecule has 0 fully saturated rings. The first-order chi connectivity index (χ1) is 11.7. The summed E-state index contributed by atoms with van der Waals surface area (Å²) in [4.78, 5) is 0. The van der Waals surface area contributed by atoms with Gasteiger partial charge in [-0.2, -0.15) is 0 Å². The summed E-state index contributed by atoms with van der Waals surface area (Å²) in [7, 11) is 0. The molecule has 0 aliphatic heterocycles. The van der Waals surface area contributed by atoms with Gasteiger partial charge in [0, 0.05) is 5.54 Å². The van der Waals surface area contributed by atoms with Crippen LogP contribution in [0.3, 0.4) is 0 Å². The molecule has 1 aromatic carbocycles. The number of hydrogen-bond donors (Lipinski definition) is 1. The molecule has 2 N–H and O–H groups in total. The molecule has 1 atom stereocenters. The Morgan fingerprint density at radius 2 is 1.36 bits per heavy atom. The van der Waals surface area contributed by atoms with E-state index in [0.29, 0.717) is 5.92 Å². The van der Waals surface area contributed by atoms with Crippen molar-refractivity contribution in [1.82, 2.24) is 0 Å². The molecule has 0 saturated carbocycles. The average molecular weight is 368 g/mol. The van der Waals surface area contributed by atoms with E-state index in [2.05, 4.69) is 51.1 Å². The molecule has 0 aliphatic rings. The van der Waals surface area contributed by atoms with Crippen molar-refractivity contribution in [2.45, 2.75) is 103 Å². The van der Waals surface area contributed by atoms with E-state index in [-0.39, 0.29) is 17.9 Å². The highest BCUT2D eigenvalue weighted by molar-refractivity contribution is 5.85. The van der Waals surface area contributed by atoms with Gasteiger partial charge in [0.05, 0.1) is 0 Å². The summed E-state index contributed by atoms with van der Waals surface area (Å²) in [5, 5.41) is 0. The highest BCUT2D eigenvalue weighted by Gasteiger charge is 2.32. The quantitative estimate of drug-likeness (QED) is 0.342. The predicted molar refractivity (Wildman–Crippen MR) is 116 cm³/mol. The van der Waals surface area contributed by atoms with Crippen molar-refractivity contribution in [1.29, 1.82) is 0 Å². The molecule has 1 aromatic rings. The fourth-order valence-corrected chi connectivity index (χ4v) is 4.13. The minimum Gasteiger partial charge on any atom is -0.325 e. The van der Waals surface area contributed by atoms with E-state index in [1.165, 1.54) is 63.4 Å². The molecule has 146 valence electrons. The molecular formula is C23H42ClN. The smallest absolute Gasteiger partial charge is 0.0185 e. The van der Waals surface area contributed by atoms with Crippen LogP contribution in [0.25, 0.3) is 0 Å². The van der Waals surface area contributed by atoms with Crippen molar-refractivity contribution < 1.29 is 0 Å². The maximum atomic E-state index is 6.97. The van der Waals surface area contributed by atoms with Gasteiger partial charge < -0.3 is 5.73 Å². The van der Waals surface area contributed by atoms with Gasteiger partial charge in [-0.15, -0.1) is 12.4 Å². The molecule has 1 unspecified atom stereocenters. The van der Waals surface area contributed by atoms with E-state index < -0.39 is 0 Å². The molecule has 2 heteroatoms. The maximum absolute atomic E-state index is 6.97. The molecule has 0 amide bonds. The second-order valence-corrected chi connectivity index (χ2v) is 7.68. The summed E-state index contributed by atoms with van der Waals surface area (Å²) < 4.78 is 0. The van der Waals surface area contributed by atoms with Gasteiger partial charge in [0.2, 0.25) is 0 Å². The van der Waals surface area contributed by atoms with Crippen molar-refractivity contribution in [3.8, 4) is 0 Å². The first-order valence-corrected chi connectivity index (χ1v) is 10.5. The van der Waals surface area contributed by atoms with E-state index in [1.54, 1.807) is 0 Å². The Labute approximate surface area is 163 Å². The van der Waals surface area contributed by atoms with Crippen molar-refractivity contribution in [2.24, 2.45) is 11.7 Å². The van der Waals surface area contributed by atoms with Gasteiger partial charge >= 0.3 is 0 Å². The largest absolute Gasteiger partial charge is 0.325 e. The van der Waals surface area contributed by atoms with Crippen molar-refractivity contribution >= 4 is 12.4 Å². The van der Waals surface area contributed by atoms with Gasteiger partial charge in [0.15, 0.2) is 0 Å². The third-order valence-electron chi connectivity index (χ3n) is 5.48. The monoisotopic (exact) mass is 367 g/mol. The summed E-state index contributed by atoms with van der Waals surface area (Å²) in [6, 6.07) is 11.0. The molecular weight excluding hydrogens is 326 g/mol. The Morgan fingerprint density at radius 1 is 0.800 bits per heavy atom. The summed E-state index contributed by atoms with van der Waals surface area (Å²) in [6.45, 7) is 6.84. The number of nitrogens with two attached hydrogens (primary N) is 1. The van der Waals surface area contributed by atoms with Gasteiger partial charge in [-0.05, 0) is 37.2 Å². The van der Waals surface area contributed by atoms with Gasteiger partial charge in [0.25, 0.3) is 0 Å². The van der Waals surface area contributed by atoms with Crippen LogP contribution in [0.1, 0.15) is 97.0 Å². The normalized spacial score (nSPS) is 12.6. The zero-order valence-corrected chi connectivity index (χ0v) is 17.8. The molecule has 0 radical (unpaired) electrons. The Hall–Kier alpha value is -0.530. The fourth-order valence-electron chi connectivity index (χ4n) is 4.13. The summed E-state index contributed by atoms with van der Waals surface area (Å²) >= 11 is 0. The molecule has 25 heavy (non-hydrogen) atoms. The minimum atomic E-state index is 0. The third kappa shape index (κ3) is 9.66. The minimum absolute atomic E-state index is 0. The van der Waals surface area contributed by atoms with Crippen molar-refractivity contribution in [3.63, 3.8) is 0 Å². The topological polar surface area (TPSA) is 26.0 Å². The molecule has 1 nitrogen and oxygen atoms in total. The SMILES string of the molecule is CCCCCCCCC(Cc1ccccc1)C(N)(CCC)CCC.Cl. The van der Waals surface area contributed by atoms with Gasteiger partial charge in [-0.25, -0.2) is 0 Å². The van der Waals surface area contributed by atoms with Gasteiger partial charge in [-0.1, -0.05) is 102 Å². The standard InChI is InChI=1S/C23H41N.ClH/c1-4-7-8-9-10-14-17-22(20-21-15-12-11-13-16-21)23(24,18-5-2)19-6-3;/h11-13,15-16,22H,4-10,14,17-20,24H2,1-3H3;1H. The fraction of sp³-hybridized carbons (Fsp3) is 0.739. The molecule has 0 aliphatic carbocycles. The van der Waals surface area contributed by atoms with E-state index in [4.69, 9.17) is 5.73 Å². The first-order valence-electron chi connectivity index (χ1n) is 10.5. The molecule has 0 saturated heterocycles. The first kappa shape index (κ1) is 24.5. The lowest BCUT2D eigenvalue weighted by atomic mass is 9.72. The predicted octanol–water partition coefficient (Wildman–Crippen LogP) is 7.32. The molecule has 0 bridgehead atoms.